The molecule has 0 aromatic heterocycles. The number of hydrogen-bond acceptors (Lipinski definition) is 2. The predicted molar refractivity (Wildman–Crippen MR) is 77.4 cm³/mol. The maximum atomic E-state index is 11.8. The molecule has 0 radical (unpaired) electrons. The topological polar surface area (TPSA) is 46.3 Å². The molecular weight excluding hydrogens is 236 g/mol. The highest BCUT2D eigenvalue weighted by Gasteiger charge is 2.34. The first kappa shape index (κ1) is 12.7. The van der Waals surface area contributed by atoms with Crippen LogP contribution in [0.4, 0.5) is 5.69 Å². The van der Waals surface area contributed by atoms with Gasteiger partial charge in [0, 0.05) is 24.7 Å². The molecule has 1 amide bonds. The molecule has 102 valence electrons. The van der Waals surface area contributed by atoms with Gasteiger partial charge in [-0.25, -0.2) is 0 Å². The van der Waals surface area contributed by atoms with Crippen LogP contribution in [0.2, 0.25) is 0 Å². The summed E-state index contributed by atoms with van der Waals surface area (Å²) in [5.74, 6) is 0.192. The van der Waals surface area contributed by atoms with E-state index in [0.29, 0.717) is 6.42 Å². The second kappa shape index (κ2) is 4.64. The molecule has 1 heterocycles. The molecule has 2 aliphatic rings. The SMILES string of the molecule is CN1C(=O)Cc2cc(C3(CN)CCCCC3)ccc21. The van der Waals surface area contributed by atoms with Crippen molar-refractivity contribution in [1.82, 2.24) is 0 Å². The molecule has 0 saturated heterocycles. The number of nitrogens with two attached hydrogens (primary N) is 1. The van der Waals surface area contributed by atoms with Gasteiger partial charge < -0.3 is 10.6 Å². The number of carbonyl (C=O) groups is 1. The van der Waals surface area contributed by atoms with Crippen LogP contribution >= 0.6 is 0 Å². The lowest BCUT2D eigenvalue weighted by Crippen LogP contribution is -2.37. The summed E-state index contributed by atoms with van der Waals surface area (Å²) in [4.78, 5) is 13.5. The van der Waals surface area contributed by atoms with E-state index in [1.807, 2.05) is 7.05 Å². The first-order chi connectivity index (χ1) is 9.16. The summed E-state index contributed by atoms with van der Waals surface area (Å²) in [6.45, 7) is 0.718. The molecule has 1 aromatic rings. The Hall–Kier alpha value is -1.35. The number of fused-ring (bicyclic) bond motifs is 1. The summed E-state index contributed by atoms with van der Waals surface area (Å²) in [6, 6.07) is 6.52. The zero-order chi connectivity index (χ0) is 13.5. The molecule has 1 saturated carbocycles. The molecule has 3 rings (SSSR count). The van der Waals surface area contributed by atoms with Crippen LogP contribution in [-0.4, -0.2) is 19.5 Å². The average molecular weight is 258 g/mol. The number of carbonyl (C=O) groups excluding carboxylic acids is 1. The molecule has 0 unspecified atom stereocenters. The van der Waals surface area contributed by atoms with Crippen LogP contribution in [0.15, 0.2) is 18.2 Å². The number of amides is 1. The summed E-state index contributed by atoms with van der Waals surface area (Å²) in [5.41, 5.74) is 9.82. The van der Waals surface area contributed by atoms with Crippen LogP contribution in [0.1, 0.15) is 43.2 Å². The van der Waals surface area contributed by atoms with Crippen LogP contribution in [0.5, 0.6) is 0 Å². The normalized spacial score (nSPS) is 21.6. The van der Waals surface area contributed by atoms with Crippen LogP contribution in [0.3, 0.4) is 0 Å². The number of nitrogens with zero attached hydrogens (tertiary/aromatic N) is 1. The average Bonchev–Trinajstić information content (AvgIpc) is 2.74. The second-order valence-electron chi connectivity index (χ2n) is 6.02. The Morgan fingerprint density at radius 2 is 2.00 bits per heavy atom. The van der Waals surface area contributed by atoms with Gasteiger partial charge in [-0.2, -0.15) is 0 Å². The largest absolute Gasteiger partial charge is 0.330 e. The second-order valence-corrected chi connectivity index (χ2v) is 6.02. The van der Waals surface area contributed by atoms with Crippen molar-refractivity contribution >= 4 is 11.6 Å². The highest BCUT2D eigenvalue weighted by Crippen LogP contribution is 2.41. The molecule has 3 nitrogen and oxygen atoms in total. The van der Waals surface area contributed by atoms with Gasteiger partial charge >= 0.3 is 0 Å². The number of rotatable bonds is 2. The molecule has 0 bridgehead atoms. The van der Waals surface area contributed by atoms with Gasteiger partial charge in [0.1, 0.15) is 0 Å². The summed E-state index contributed by atoms with van der Waals surface area (Å²) in [6.07, 6.45) is 6.78. The van der Waals surface area contributed by atoms with E-state index in [1.54, 1.807) is 4.90 Å². The maximum Gasteiger partial charge on any atom is 0.231 e. The monoisotopic (exact) mass is 258 g/mol. The Bertz CT molecular complexity index is 503. The molecule has 0 atom stereocenters. The van der Waals surface area contributed by atoms with Crippen molar-refractivity contribution in [3.8, 4) is 0 Å². The van der Waals surface area contributed by atoms with Crippen molar-refractivity contribution in [1.29, 1.82) is 0 Å². The van der Waals surface area contributed by atoms with Crippen molar-refractivity contribution in [2.75, 3.05) is 18.5 Å². The van der Waals surface area contributed by atoms with Crippen molar-refractivity contribution < 1.29 is 4.79 Å². The summed E-state index contributed by atoms with van der Waals surface area (Å²) in [5, 5.41) is 0. The van der Waals surface area contributed by atoms with Crippen molar-refractivity contribution in [2.45, 2.75) is 43.9 Å². The molecule has 19 heavy (non-hydrogen) atoms. The van der Waals surface area contributed by atoms with Gasteiger partial charge in [-0.05, 0) is 30.0 Å². The summed E-state index contributed by atoms with van der Waals surface area (Å²) < 4.78 is 0. The number of hydrogen-bond donors (Lipinski definition) is 1. The lowest BCUT2D eigenvalue weighted by atomic mass is 9.69. The lowest BCUT2D eigenvalue weighted by Gasteiger charge is -2.37. The zero-order valence-corrected chi connectivity index (χ0v) is 11.6. The number of benzene rings is 1. The maximum absolute atomic E-state index is 11.8. The van der Waals surface area contributed by atoms with Crippen LogP contribution in [-0.2, 0) is 16.6 Å². The number of anilines is 1. The smallest absolute Gasteiger partial charge is 0.231 e. The minimum Gasteiger partial charge on any atom is -0.330 e. The van der Waals surface area contributed by atoms with E-state index in [4.69, 9.17) is 5.73 Å². The zero-order valence-electron chi connectivity index (χ0n) is 11.6. The van der Waals surface area contributed by atoms with Gasteiger partial charge in [0.25, 0.3) is 0 Å². The molecule has 1 aromatic carbocycles. The fourth-order valence-corrected chi connectivity index (χ4v) is 3.64. The van der Waals surface area contributed by atoms with E-state index < -0.39 is 0 Å². The molecule has 3 heteroatoms. The van der Waals surface area contributed by atoms with Crippen LogP contribution < -0.4 is 10.6 Å². The van der Waals surface area contributed by atoms with Crippen molar-refractivity contribution in [3.05, 3.63) is 29.3 Å². The fourth-order valence-electron chi connectivity index (χ4n) is 3.64. The van der Waals surface area contributed by atoms with E-state index in [2.05, 4.69) is 18.2 Å². The predicted octanol–water partition coefficient (Wildman–Crippen LogP) is 2.37. The summed E-state index contributed by atoms with van der Waals surface area (Å²) in [7, 11) is 1.85. The third kappa shape index (κ3) is 1.96. The molecule has 1 aliphatic carbocycles. The highest BCUT2D eigenvalue weighted by atomic mass is 16.2. The Morgan fingerprint density at radius 1 is 1.26 bits per heavy atom. The Balaban J connectivity index is 1.98. The molecule has 2 N–H and O–H groups in total. The lowest BCUT2D eigenvalue weighted by molar-refractivity contribution is -0.117. The van der Waals surface area contributed by atoms with E-state index in [1.165, 1.54) is 43.2 Å². The molecule has 1 aliphatic heterocycles. The van der Waals surface area contributed by atoms with E-state index in [0.717, 1.165) is 12.2 Å². The van der Waals surface area contributed by atoms with Gasteiger partial charge in [-0.1, -0.05) is 31.4 Å². The molecular formula is C16H22N2O. The minimum absolute atomic E-state index is 0.150. The molecule has 1 fully saturated rings. The van der Waals surface area contributed by atoms with E-state index >= 15 is 0 Å². The van der Waals surface area contributed by atoms with Gasteiger partial charge in [-0.3, -0.25) is 4.79 Å². The van der Waals surface area contributed by atoms with Crippen molar-refractivity contribution in [3.63, 3.8) is 0 Å². The third-order valence-corrected chi connectivity index (χ3v) is 4.97. The van der Waals surface area contributed by atoms with E-state index in [-0.39, 0.29) is 11.3 Å². The van der Waals surface area contributed by atoms with Crippen molar-refractivity contribution in [2.24, 2.45) is 5.73 Å². The van der Waals surface area contributed by atoms with E-state index in [9.17, 15) is 4.79 Å². The summed E-state index contributed by atoms with van der Waals surface area (Å²) >= 11 is 0. The Morgan fingerprint density at radius 3 is 2.68 bits per heavy atom. The highest BCUT2D eigenvalue weighted by molar-refractivity contribution is 6.00. The van der Waals surface area contributed by atoms with Gasteiger partial charge in [0.05, 0.1) is 6.42 Å². The first-order valence-corrected chi connectivity index (χ1v) is 7.26. The van der Waals surface area contributed by atoms with Gasteiger partial charge in [0.2, 0.25) is 5.91 Å². The Labute approximate surface area is 114 Å². The molecule has 0 spiro atoms. The third-order valence-electron chi connectivity index (χ3n) is 4.97. The fraction of sp³-hybridized carbons (Fsp3) is 0.562. The number of likely N-dealkylation sites (N-methyl/N-ethyl adjacent to an activating group) is 1. The first-order valence-electron chi connectivity index (χ1n) is 7.26. The van der Waals surface area contributed by atoms with Gasteiger partial charge in [0.15, 0.2) is 0 Å². The van der Waals surface area contributed by atoms with Crippen LogP contribution in [0.25, 0.3) is 0 Å². The Kier molecular flexibility index (Phi) is 3.09. The quantitative estimate of drug-likeness (QED) is 0.885. The van der Waals surface area contributed by atoms with Crippen LogP contribution in [0, 0.1) is 0 Å². The van der Waals surface area contributed by atoms with Gasteiger partial charge in [-0.15, -0.1) is 0 Å². The standard InChI is InChI=1S/C16H22N2O/c1-18-14-6-5-13(9-12(14)10-15(18)19)16(11-17)7-3-2-4-8-16/h5-6,9H,2-4,7-8,10-11,17H2,1H3. The minimum atomic E-state index is 0.150.